The van der Waals surface area contributed by atoms with Gasteiger partial charge in [0.15, 0.2) is 0 Å². The highest BCUT2D eigenvalue weighted by molar-refractivity contribution is 5.97. The fourth-order valence-electron chi connectivity index (χ4n) is 2.71. The molecule has 0 aliphatic heterocycles. The zero-order valence-corrected chi connectivity index (χ0v) is 16.7. The number of nitrogens with one attached hydrogen (secondary N) is 3. The summed E-state index contributed by atoms with van der Waals surface area (Å²) >= 11 is 0. The molecule has 1 rings (SSSR count). The molecule has 0 aliphatic rings. The van der Waals surface area contributed by atoms with E-state index in [1.54, 1.807) is 18.2 Å². The summed E-state index contributed by atoms with van der Waals surface area (Å²) in [6, 6.07) is 7.60. The molecule has 150 valence electrons. The summed E-state index contributed by atoms with van der Waals surface area (Å²) in [5, 5.41) is 18.2. The van der Waals surface area contributed by atoms with E-state index in [1.807, 2.05) is 45.9 Å². The van der Waals surface area contributed by atoms with Crippen LogP contribution in [0.4, 0.5) is 5.69 Å². The van der Waals surface area contributed by atoms with E-state index >= 15 is 0 Å². The predicted molar refractivity (Wildman–Crippen MR) is 109 cm³/mol. The molecule has 0 aliphatic carbocycles. The van der Waals surface area contributed by atoms with Crippen LogP contribution in [-0.2, 0) is 9.59 Å². The second kappa shape index (κ2) is 11.5. The average Bonchev–Trinajstić information content (AvgIpc) is 2.62. The van der Waals surface area contributed by atoms with E-state index in [0.29, 0.717) is 12.1 Å². The third-order valence-electron chi connectivity index (χ3n) is 4.21. The van der Waals surface area contributed by atoms with Gasteiger partial charge in [-0.05, 0) is 30.4 Å². The molecule has 6 nitrogen and oxygen atoms in total. The van der Waals surface area contributed by atoms with E-state index in [9.17, 15) is 14.7 Å². The van der Waals surface area contributed by atoms with E-state index in [1.165, 1.54) is 0 Å². The smallest absolute Gasteiger partial charge is 0.246 e. The molecule has 0 saturated carbocycles. The largest absolute Gasteiger partial charge is 0.394 e. The Labute approximate surface area is 162 Å². The Morgan fingerprint density at radius 3 is 2.22 bits per heavy atom. The molecule has 0 heterocycles. The lowest BCUT2D eigenvalue weighted by Gasteiger charge is -2.28. The lowest BCUT2D eigenvalue weighted by Crippen LogP contribution is -2.55. The second-order valence-electron chi connectivity index (χ2n) is 7.46. The van der Waals surface area contributed by atoms with Crippen molar-refractivity contribution in [3.63, 3.8) is 0 Å². The number of carbonyl (C=O) groups excluding carboxylic acids is 2. The third-order valence-corrected chi connectivity index (χ3v) is 4.21. The second-order valence-corrected chi connectivity index (χ2v) is 7.46. The van der Waals surface area contributed by atoms with Gasteiger partial charge in [0.2, 0.25) is 11.8 Å². The van der Waals surface area contributed by atoms with Crippen LogP contribution in [0.2, 0.25) is 0 Å². The zero-order valence-electron chi connectivity index (χ0n) is 16.7. The SMILES string of the molecule is C=C[C@H](CO)N[C@@H](C(=O)N[C@H](CC(C)C)C(=O)Nc1ccccc1)C(C)C. The van der Waals surface area contributed by atoms with E-state index < -0.39 is 12.1 Å². The van der Waals surface area contributed by atoms with Gasteiger partial charge < -0.3 is 15.7 Å². The molecule has 0 unspecified atom stereocenters. The van der Waals surface area contributed by atoms with Gasteiger partial charge in [0, 0.05) is 11.7 Å². The minimum Gasteiger partial charge on any atom is -0.394 e. The maximum Gasteiger partial charge on any atom is 0.246 e. The van der Waals surface area contributed by atoms with Gasteiger partial charge in [-0.2, -0.15) is 0 Å². The Morgan fingerprint density at radius 2 is 1.74 bits per heavy atom. The minimum absolute atomic E-state index is 0.0177. The molecule has 3 atom stereocenters. The van der Waals surface area contributed by atoms with E-state index in [-0.39, 0.29) is 36.3 Å². The van der Waals surface area contributed by atoms with Gasteiger partial charge in [-0.3, -0.25) is 14.9 Å². The molecule has 0 radical (unpaired) electrons. The normalized spacial score (nSPS) is 14.5. The monoisotopic (exact) mass is 375 g/mol. The molecule has 1 aromatic rings. The molecule has 0 saturated heterocycles. The van der Waals surface area contributed by atoms with E-state index in [2.05, 4.69) is 22.5 Å². The summed E-state index contributed by atoms with van der Waals surface area (Å²) in [7, 11) is 0. The summed E-state index contributed by atoms with van der Waals surface area (Å²) in [5.41, 5.74) is 0.691. The number of amides is 2. The minimum atomic E-state index is -0.642. The van der Waals surface area contributed by atoms with Gasteiger partial charge in [-0.25, -0.2) is 0 Å². The van der Waals surface area contributed by atoms with Crippen molar-refractivity contribution in [2.45, 2.75) is 52.2 Å². The molecule has 6 heteroatoms. The van der Waals surface area contributed by atoms with Crippen LogP contribution < -0.4 is 16.0 Å². The van der Waals surface area contributed by atoms with Gasteiger partial charge in [0.05, 0.1) is 12.6 Å². The van der Waals surface area contributed by atoms with Crippen LogP contribution in [0.25, 0.3) is 0 Å². The van der Waals surface area contributed by atoms with Crippen molar-refractivity contribution in [2.75, 3.05) is 11.9 Å². The molecule has 2 amide bonds. The number of hydrogen-bond donors (Lipinski definition) is 4. The van der Waals surface area contributed by atoms with Crippen molar-refractivity contribution in [1.29, 1.82) is 0 Å². The number of carbonyl (C=O) groups is 2. The topological polar surface area (TPSA) is 90.5 Å². The van der Waals surface area contributed by atoms with Crippen LogP contribution >= 0.6 is 0 Å². The predicted octanol–water partition coefficient (Wildman–Crippen LogP) is 2.32. The highest BCUT2D eigenvalue weighted by Gasteiger charge is 2.29. The fourth-order valence-corrected chi connectivity index (χ4v) is 2.71. The molecule has 4 N–H and O–H groups in total. The van der Waals surface area contributed by atoms with Crippen LogP contribution in [0.1, 0.15) is 34.1 Å². The van der Waals surface area contributed by atoms with E-state index in [0.717, 1.165) is 0 Å². The number of aliphatic hydroxyl groups is 1. The third kappa shape index (κ3) is 7.93. The fraction of sp³-hybridized carbons (Fsp3) is 0.524. The molecule has 27 heavy (non-hydrogen) atoms. The molecule has 0 fully saturated rings. The number of hydrogen-bond acceptors (Lipinski definition) is 4. The standard InChI is InChI=1S/C21H33N3O3/c1-6-16(13-25)22-19(15(4)5)21(27)24-18(12-14(2)3)20(26)23-17-10-8-7-9-11-17/h6-11,14-16,18-19,22,25H,1,12-13H2,2-5H3,(H,23,26)(H,24,27)/t16-,18-,19-/m1/s1. The molecule has 1 aromatic carbocycles. The number of rotatable bonds is 11. The van der Waals surface area contributed by atoms with Gasteiger partial charge in [0.25, 0.3) is 0 Å². The molecule has 0 bridgehead atoms. The van der Waals surface area contributed by atoms with Crippen LogP contribution in [-0.4, -0.2) is 41.7 Å². The van der Waals surface area contributed by atoms with Gasteiger partial charge in [-0.15, -0.1) is 6.58 Å². The van der Waals surface area contributed by atoms with Crippen LogP contribution in [0.3, 0.4) is 0 Å². The lowest BCUT2D eigenvalue weighted by molar-refractivity contribution is -0.129. The summed E-state index contributed by atoms with van der Waals surface area (Å²) in [5.74, 6) is -0.288. The number of benzene rings is 1. The van der Waals surface area contributed by atoms with Crippen molar-refractivity contribution in [3.8, 4) is 0 Å². The Balaban J connectivity index is 2.87. The number of aliphatic hydroxyl groups excluding tert-OH is 1. The van der Waals surface area contributed by atoms with Crippen LogP contribution in [0.15, 0.2) is 43.0 Å². The average molecular weight is 376 g/mol. The lowest BCUT2D eigenvalue weighted by atomic mass is 9.99. The van der Waals surface area contributed by atoms with Crippen molar-refractivity contribution in [2.24, 2.45) is 11.8 Å². The Hall–Kier alpha value is -2.18. The van der Waals surface area contributed by atoms with Crippen LogP contribution in [0, 0.1) is 11.8 Å². The zero-order chi connectivity index (χ0) is 20.4. The van der Waals surface area contributed by atoms with E-state index in [4.69, 9.17) is 0 Å². The van der Waals surface area contributed by atoms with Gasteiger partial charge in [0.1, 0.15) is 6.04 Å². The maximum absolute atomic E-state index is 12.8. The first-order valence-corrected chi connectivity index (χ1v) is 9.44. The summed E-state index contributed by atoms with van der Waals surface area (Å²) in [6.07, 6.45) is 2.09. The Bertz CT molecular complexity index is 602. The maximum atomic E-state index is 12.8. The molecule has 0 aromatic heterocycles. The quantitative estimate of drug-likeness (QED) is 0.447. The summed E-state index contributed by atoms with van der Waals surface area (Å²) < 4.78 is 0. The molecular weight excluding hydrogens is 342 g/mol. The first-order valence-electron chi connectivity index (χ1n) is 9.44. The van der Waals surface area contributed by atoms with Crippen LogP contribution in [0.5, 0.6) is 0 Å². The van der Waals surface area contributed by atoms with Gasteiger partial charge in [-0.1, -0.05) is 52.0 Å². The molecule has 0 spiro atoms. The van der Waals surface area contributed by atoms with Crippen molar-refractivity contribution in [3.05, 3.63) is 43.0 Å². The highest BCUT2D eigenvalue weighted by Crippen LogP contribution is 2.12. The van der Waals surface area contributed by atoms with Gasteiger partial charge >= 0.3 is 0 Å². The molecular formula is C21H33N3O3. The Kier molecular flexibility index (Phi) is 9.75. The summed E-state index contributed by atoms with van der Waals surface area (Å²) in [4.78, 5) is 25.5. The van der Waals surface area contributed by atoms with Crippen molar-refractivity contribution >= 4 is 17.5 Å². The summed E-state index contributed by atoms with van der Waals surface area (Å²) in [6.45, 7) is 11.4. The first kappa shape index (κ1) is 22.9. The van der Waals surface area contributed by atoms with Crippen molar-refractivity contribution in [1.82, 2.24) is 10.6 Å². The number of para-hydroxylation sites is 1. The first-order chi connectivity index (χ1) is 12.8. The highest BCUT2D eigenvalue weighted by atomic mass is 16.3. The van der Waals surface area contributed by atoms with Crippen molar-refractivity contribution < 1.29 is 14.7 Å². The number of anilines is 1. The Morgan fingerprint density at radius 1 is 1.11 bits per heavy atom.